The molecule has 0 unspecified atom stereocenters. The summed E-state index contributed by atoms with van der Waals surface area (Å²) < 4.78 is 18.7. The van der Waals surface area contributed by atoms with Crippen LogP contribution in [0, 0.1) is 5.82 Å². The van der Waals surface area contributed by atoms with Crippen molar-refractivity contribution in [1.82, 2.24) is 0 Å². The zero-order chi connectivity index (χ0) is 11.3. The highest BCUT2D eigenvalue weighted by Crippen LogP contribution is 2.23. The van der Waals surface area contributed by atoms with E-state index >= 15 is 0 Å². The summed E-state index contributed by atoms with van der Waals surface area (Å²) >= 11 is 0. The Labute approximate surface area is 89.7 Å². The van der Waals surface area contributed by atoms with E-state index in [4.69, 9.17) is 9.84 Å². The molecular weight excluding hydrogens is 195 g/mol. The van der Waals surface area contributed by atoms with Gasteiger partial charge >= 0.3 is 0 Å². The Kier molecular flexibility index (Phi) is 4.56. The number of benzene rings is 1. The first-order chi connectivity index (χ1) is 7.15. The lowest BCUT2D eigenvalue weighted by atomic mass is 10.0. The molecule has 2 nitrogen and oxygen atoms in total. The van der Waals surface area contributed by atoms with E-state index in [1.807, 2.05) is 13.8 Å². The van der Waals surface area contributed by atoms with E-state index in [9.17, 15) is 4.39 Å². The van der Waals surface area contributed by atoms with Gasteiger partial charge in [0, 0.05) is 13.0 Å². The second-order valence-corrected chi connectivity index (χ2v) is 3.76. The van der Waals surface area contributed by atoms with E-state index in [0.29, 0.717) is 24.3 Å². The summed E-state index contributed by atoms with van der Waals surface area (Å²) in [4.78, 5) is 0. The van der Waals surface area contributed by atoms with Crippen molar-refractivity contribution in [2.45, 2.75) is 26.2 Å². The fourth-order valence-electron chi connectivity index (χ4n) is 1.31. The van der Waals surface area contributed by atoms with Crippen LogP contribution in [0.5, 0.6) is 5.75 Å². The molecule has 1 N–H and O–H groups in total. The van der Waals surface area contributed by atoms with E-state index < -0.39 is 0 Å². The van der Waals surface area contributed by atoms with Crippen LogP contribution in [0.4, 0.5) is 4.39 Å². The minimum Gasteiger partial charge on any atom is -0.493 e. The SMILES string of the molecule is CC(C)c1cc(OCCCO)ccc1F. The van der Waals surface area contributed by atoms with Gasteiger partial charge in [-0.1, -0.05) is 13.8 Å². The number of ether oxygens (including phenoxy) is 1. The van der Waals surface area contributed by atoms with Crippen LogP contribution in [0.1, 0.15) is 31.7 Å². The molecule has 0 aliphatic carbocycles. The quantitative estimate of drug-likeness (QED) is 0.760. The van der Waals surface area contributed by atoms with E-state index in [1.54, 1.807) is 12.1 Å². The fraction of sp³-hybridized carbons (Fsp3) is 0.500. The lowest BCUT2D eigenvalue weighted by Gasteiger charge is -2.10. The summed E-state index contributed by atoms with van der Waals surface area (Å²) in [5.41, 5.74) is 0.663. The molecule has 1 aromatic rings. The van der Waals surface area contributed by atoms with Gasteiger partial charge in [0.1, 0.15) is 11.6 Å². The number of halogens is 1. The van der Waals surface area contributed by atoms with Crippen LogP contribution in [0.15, 0.2) is 18.2 Å². The molecule has 0 saturated heterocycles. The minimum atomic E-state index is -0.195. The van der Waals surface area contributed by atoms with Gasteiger partial charge in [0.15, 0.2) is 0 Å². The summed E-state index contributed by atoms with van der Waals surface area (Å²) in [5, 5.41) is 8.59. The third kappa shape index (κ3) is 3.51. The predicted molar refractivity (Wildman–Crippen MR) is 57.7 cm³/mol. The van der Waals surface area contributed by atoms with E-state index in [1.165, 1.54) is 6.07 Å². The topological polar surface area (TPSA) is 29.5 Å². The molecule has 0 bridgehead atoms. The van der Waals surface area contributed by atoms with Crippen LogP contribution in [-0.4, -0.2) is 18.3 Å². The van der Waals surface area contributed by atoms with Gasteiger partial charge < -0.3 is 9.84 Å². The highest BCUT2D eigenvalue weighted by atomic mass is 19.1. The van der Waals surface area contributed by atoms with E-state index in [-0.39, 0.29) is 18.3 Å². The van der Waals surface area contributed by atoms with Gasteiger partial charge in [-0.05, 0) is 29.7 Å². The molecular formula is C12H17FO2. The molecule has 1 rings (SSSR count). The van der Waals surface area contributed by atoms with Gasteiger partial charge in [-0.2, -0.15) is 0 Å². The van der Waals surface area contributed by atoms with Gasteiger partial charge in [0.25, 0.3) is 0 Å². The van der Waals surface area contributed by atoms with E-state index in [2.05, 4.69) is 0 Å². The number of rotatable bonds is 5. The van der Waals surface area contributed by atoms with Crippen LogP contribution in [0.25, 0.3) is 0 Å². The zero-order valence-electron chi connectivity index (χ0n) is 9.16. The fourth-order valence-corrected chi connectivity index (χ4v) is 1.31. The molecule has 0 amide bonds. The maximum atomic E-state index is 13.3. The number of hydrogen-bond acceptors (Lipinski definition) is 2. The molecule has 0 heterocycles. The smallest absolute Gasteiger partial charge is 0.126 e. The van der Waals surface area contributed by atoms with Gasteiger partial charge in [0.05, 0.1) is 6.61 Å². The molecule has 0 aromatic heterocycles. The minimum absolute atomic E-state index is 0.109. The Bertz CT molecular complexity index is 310. The molecule has 15 heavy (non-hydrogen) atoms. The number of aliphatic hydroxyl groups excluding tert-OH is 1. The molecule has 0 aliphatic rings. The normalized spacial score (nSPS) is 10.7. The van der Waals surface area contributed by atoms with Gasteiger partial charge in [0.2, 0.25) is 0 Å². The summed E-state index contributed by atoms with van der Waals surface area (Å²) in [7, 11) is 0. The molecule has 84 valence electrons. The Morgan fingerprint density at radius 3 is 2.73 bits per heavy atom. The average Bonchev–Trinajstić information content (AvgIpc) is 2.20. The lowest BCUT2D eigenvalue weighted by molar-refractivity contribution is 0.233. The number of aliphatic hydroxyl groups is 1. The van der Waals surface area contributed by atoms with Crippen molar-refractivity contribution in [1.29, 1.82) is 0 Å². The Morgan fingerprint density at radius 1 is 1.40 bits per heavy atom. The van der Waals surface area contributed by atoms with Gasteiger partial charge in [-0.3, -0.25) is 0 Å². The Morgan fingerprint density at radius 2 is 2.13 bits per heavy atom. The van der Waals surface area contributed by atoms with E-state index in [0.717, 1.165) is 0 Å². The summed E-state index contributed by atoms with van der Waals surface area (Å²) in [6.07, 6.45) is 0.592. The van der Waals surface area contributed by atoms with Crippen molar-refractivity contribution in [2.24, 2.45) is 0 Å². The third-order valence-corrected chi connectivity index (χ3v) is 2.16. The molecule has 0 radical (unpaired) electrons. The first-order valence-corrected chi connectivity index (χ1v) is 5.18. The second-order valence-electron chi connectivity index (χ2n) is 3.76. The first-order valence-electron chi connectivity index (χ1n) is 5.18. The predicted octanol–water partition coefficient (Wildman–Crippen LogP) is 2.71. The maximum absolute atomic E-state index is 13.3. The van der Waals surface area contributed by atoms with Crippen molar-refractivity contribution < 1.29 is 14.2 Å². The Balaban J connectivity index is 2.70. The molecule has 1 aromatic carbocycles. The van der Waals surface area contributed by atoms with Crippen LogP contribution in [0.2, 0.25) is 0 Å². The summed E-state index contributed by atoms with van der Waals surface area (Å²) in [5.74, 6) is 0.611. The van der Waals surface area contributed by atoms with Crippen LogP contribution >= 0.6 is 0 Å². The van der Waals surface area contributed by atoms with Crippen LogP contribution < -0.4 is 4.74 Å². The maximum Gasteiger partial charge on any atom is 0.126 e. The standard InChI is InChI=1S/C12H17FO2/c1-9(2)11-8-10(4-5-12(11)13)15-7-3-6-14/h4-5,8-9,14H,3,6-7H2,1-2H3. The highest BCUT2D eigenvalue weighted by molar-refractivity contribution is 5.31. The lowest BCUT2D eigenvalue weighted by Crippen LogP contribution is -2.01. The van der Waals surface area contributed by atoms with Gasteiger partial charge in [-0.25, -0.2) is 4.39 Å². The molecule has 3 heteroatoms. The third-order valence-electron chi connectivity index (χ3n) is 2.16. The summed E-state index contributed by atoms with van der Waals surface area (Å²) in [6.45, 7) is 4.45. The van der Waals surface area contributed by atoms with Crippen LogP contribution in [-0.2, 0) is 0 Å². The van der Waals surface area contributed by atoms with Crippen molar-refractivity contribution in [2.75, 3.05) is 13.2 Å². The number of hydrogen-bond donors (Lipinski definition) is 1. The molecule has 0 saturated carbocycles. The molecule has 0 atom stereocenters. The first kappa shape index (κ1) is 12.0. The van der Waals surface area contributed by atoms with Gasteiger partial charge in [-0.15, -0.1) is 0 Å². The molecule has 0 fully saturated rings. The van der Waals surface area contributed by atoms with Crippen molar-refractivity contribution in [3.63, 3.8) is 0 Å². The average molecular weight is 212 g/mol. The highest BCUT2D eigenvalue weighted by Gasteiger charge is 2.07. The molecule has 0 spiro atoms. The molecule has 0 aliphatic heterocycles. The Hall–Kier alpha value is -1.09. The monoisotopic (exact) mass is 212 g/mol. The van der Waals surface area contributed by atoms with Crippen LogP contribution in [0.3, 0.4) is 0 Å². The largest absolute Gasteiger partial charge is 0.493 e. The van der Waals surface area contributed by atoms with Crippen molar-refractivity contribution in [3.05, 3.63) is 29.6 Å². The van der Waals surface area contributed by atoms with Crippen molar-refractivity contribution in [3.8, 4) is 5.75 Å². The second kappa shape index (κ2) is 5.71. The summed E-state index contributed by atoms with van der Waals surface area (Å²) in [6, 6.07) is 4.75. The zero-order valence-corrected chi connectivity index (χ0v) is 9.16. The van der Waals surface area contributed by atoms with Crippen molar-refractivity contribution >= 4 is 0 Å².